The van der Waals surface area contributed by atoms with Crippen LogP contribution in [0.15, 0.2) is 18.2 Å². The van der Waals surface area contributed by atoms with Crippen LogP contribution in [0.25, 0.3) is 0 Å². The van der Waals surface area contributed by atoms with E-state index in [-0.39, 0.29) is 23.1 Å². The van der Waals surface area contributed by atoms with Gasteiger partial charge >= 0.3 is 12.0 Å². The highest BCUT2D eigenvalue weighted by Gasteiger charge is 2.55. The summed E-state index contributed by atoms with van der Waals surface area (Å²) >= 11 is 0. The van der Waals surface area contributed by atoms with Gasteiger partial charge in [-0.05, 0) is 37.0 Å². The molecule has 0 bridgehead atoms. The lowest BCUT2D eigenvalue weighted by atomic mass is 9.73. The third kappa shape index (κ3) is 3.76. The summed E-state index contributed by atoms with van der Waals surface area (Å²) in [7, 11) is 2.68. The Labute approximate surface area is 168 Å². The van der Waals surface area contributed by atoms with Gasteiger partial charge < -0.3 is 20.1 Å². The first-order chi connectivity index (χ1) is 13.8. The normalized spacial score (nSPS) is 23.7. The molecule has 1 aromatic rings. The molecule has 1 saturated heterocycles. The van der Waals surface area contributed by atoms with Gasteiger partial charge in [0.05, 0.1) is 25.5 Å². The van der Waals surface area contributed by atoms with Gasteiger partial charge in [0.1, 0.15) is 17.8 Å². The maximum Gasteiger partial charge on any atom is 0.340 e. The van der Waals surface area contributed by atoms with E-state index in [2.05, 4.69) is 10.6 Å². The standard InChI is InChI=1S/C20H25N3O6/c1-12-6-4-5-9-20(12)18(26)23(19(27)22-20)11-16(24)21-15-8-7-13(28-2)10-14(15)17(25)29-3/h7-8,10,12H,4-6,9,11H2,1-3H3,(H,21,24)(H,22,27). The summed E-state index contributed by atoms with van der Waals surface area (Å²) in [5, 5.41) is 5.39. The largest absolute Gasteiger partial charge is 0.497 e. The minimum absolute atomic E-state index is 0.00766. The van der Waals surface area contributed by atoms with Gasteiger partial charge in [-0.3, -0.25) is 14.5 Å². The zero-order valence-corrected chi connectivity index (χ0v) is 16.7. The molecular formula is C20H25N3O6. The van der Waals surface area contributed by atoms with E-state index in [0.29, 0.717) is 12.2 Å². The Morgan fingerprint density at radius 2 is 2.03 bits per heavy atom. The van der Waals surface area contributed by atoms with Crippen LogP contribution in [0.1, 0.15) is 43.0 Å². The van der Waals surface area contributed by atoms with Gasteiger partial charge in [0.25, 0.3) is 5.91 Å². The minimum atomic E-state index is -0.924. The van der Waals surface area contributed by atoms with Crippen LogP contribution in [-0.4, -0.2) is 55.0 Å². The number of benzene rings is 1. The third-order valence-corrected chi connectivity index (χ3v) is 5.71. The Kier molecular flexibility index (Phi) is 5.76. The lowest BCUT2D eigenvalue weighted by Crippen LogP contribution is -2.54. The molecule has 1 spiro atoms. The predicted octanol–water partition coefficient (Wildman–Crippen LogP) is 1.92. The first kappa shape index (κ1) is 20.6. The molecule has 9 heteroatoms. The molecule has 1 aromatic carbocycles. The van der Waals surface area contributed by atoms with Gasteiger partial charge in [-0.1, -0.05) is 19.8 Å². The number of urea groups is 1. The fourth-order valence-electron chi connectivity index (χ4n) is 4.01. The lowest BCUT2D eigenvalue weighted by molar-refractivity contribution is -0.136. The molecule has 0 aromatic heterocycles. The topological polar surface area (TPSA) is 114 Å². The summed E-state index contributed by atoms with van der Waals surface area (Å²) < 4.78 is 9.83. The van der Waals surface area contributed by atoms with E-state index >= 15 is 0 Å². The molecule has 0 radical (unpaired) electrons. The number of anilines is 1. The molecule has 2 N–H and O–H groups in total. The van der Waals surface area contributed by atoms with Crippen molar-refractivity contribution in [1.29, 1.82) is 0 Å². The second-order valence-electron chi connectivity index (χ2n) is 7.39. The first-order valence-corrected chi connectivity index (χ1v) is 9.52. The number of hydrogen-bond acceptors (Lipinski definition) is 6. The van der Waals surface area contributed by atoms with E-state index in [1.807, 2.05) is 6.92 Å². The molecule has 1 saturated carbocycles. The smallest absolute Gasteiger partial charge is 0.340 e. The van der Waals surface area contributed by atoms with Gasteiger partial charge in [0.15, 0.2) is 0 Å². The lowest BCUT2D eigenvalue weighted by Gasteiger charge is -2.36. The summed E-state index contributed by atoms with van der Waals surface area (Å²) in [5.41, 5.74) is -0.613. The third-order valence-electron chi connectivity index (χ3n) is 5.71. The molecule has 2 aliphatic rings. The van der Waals surface area contributed by atoms with Crippen LogP contribution in [0, 0.1) is 5.92 Å². The van der Waals surface area contributed by atoms with Crippen LogP contribution < -0.4 is 15.4 Å². The number of esters is 1. The SMILES string of the molecule is COC(=O)c1cc(OC)ccc1NC(=O)CN1C(=O)NC2(CCCCC2C)C1=O. The molecular weight excluding hydrogens is 378 g/mol. The molecule has 1 heterocycles. The number of carbonyl (C=O) groups excluding carboxylic acids is 4. The first-order valence-electron chi connectivity index (χ1n) is 9.52. The fourth-order valence-corrected chi connectivity index (χ4v) is 4.01. The molecule has 1 aliphatic heterocycles. The van der Waals surface area contributed by atoms with Gasteiger partial charge in [0, 0.05) is 0 Å². The Morgan fingerprint density at radius 1 is 1.28 bits per heavy atom. The zero-order chi connectivity index (χ0) is 21.2. The van der Waals surface area contributed by atoms with Gasteiger partial charge in [0.2, 0.25) is 5.91 Å². The summed E-state index contributed by atoms with van der Waals surface area (Å²) in [4.78, 5) is 50.9. The second-order valence-corrected chi connectivity index (χ2v) is 7.39. The van der Waals surface area contributed by atoms with Crippen molar-refractivity contribution in [2.75, 3.05) is 26.1 Å². The quantitative estimate of drug-likeness (QED) is 0.574. The van der Waals surface area contributed by atoms with Crippen molar-refractivity contribution in [3.8, 4) is 5.75 Å². The number of amides is 4. The number of ether oxygens (including phenoxy) is 2. The van der Waals surface area contributed by atoms with Crippen LogP contribution in [0.2, 0.25) is 0 Å². The summed E-state index contributed by atoms with van der Waals surface area (Å²) in [6, 6.07) is 3.95. The van der Waals surface area contributed by atoms with Crippen molar-refractivity contribution in [2.24, 2.45) is 5.92 Å². The molecule has 156 valence electrons. The maximum atomic E-state index is 13.0. The molecule has 9 nitrogen and oxygen atoms in total. The highest BCUT2D eigenvalue weighted by atomic mass is 16.5. The van der Waals surface area contributed by atoms with Crippen molar-refractivity contribution in [3.63, 3.8) is 0 Å². The summed E-state index contributed by atoms with van der Waals surface area (Å²) in [6.45, 7) is 1.51. The number of hydrogen-bond donors (Lipinski definition) is 2. The van der Waals surface area contributed by atoms with E-state index in [1.165, 1.54) is 26.4 Å². The van der Waals surface area contributed by atoms with Crippen molar-refractivity contribution < 1.29 is 28.7 Å². The zero-order valence-electron chi connectivity index (χ0n) is 16.7. The number of rotatable bonds is 5. The number of carbonyl (C=O) groups is 4. The Balaban J connectivity index is 1.75. The van der Waals surface area contributed by atoms with Gasteiger partial charge in [-0.25, -0.2) is 9.59 Å². The number of imide groups is 1. The maximum absolute atomic E-state index is 13.0. The summed E-state index contributed by atoms with van der Waals surface area (Å²) in [5.74, 6) is -1.18. The summed E-state index contributed by atoms with van der Waals surface area (Å²) in [6.07, 6.45) is 3.29. The van der Waals surface area contributed by atoms with Crippen molar-refractivity contribution >= 4 is 29.5 Å². The van der Waals surface area contributed by atoms with Gasteiger partial charge in [-0.15, -0.1) is 0 Å². The average molecular weight is 403 g/mol. The fraction of sp³-hybridized carbons (Fsp3) is 0.500. The van der Waals surface area contributed by atoms with E-state index < -0.39 is 30.0 Å². The monoisotopic (exact) mass is 403 g/mol. The predicted molar refractivity (Wildman–Crippen MR) is 104 cm³/mol. The molecule has 4 amide bonds. The highest BCUT2D eigenvalue weighted by molar-refractivity contribution is 6.11. The van der Waals surface area contributed by atoms with Crippen molar-refractivity contribution in [2.45, 2.75) is 38.1 Å². The molecule has 2 fully saturated rings. The molecule has 29 heavy (non-hydrogen) atoms. The Morgan fingerprint density at radius 3 is 2.69 bits per heavy atom. The van der Waals surface area contributed by atoms with E-state index in [0.717, 1.165) is 24.2 Å². The van der Waals surface area contributed by atoms with Crippen LogP contribution in [-0.2, 0) is 14.3 Å². The second kappa shape index (κ2) is 8.10. The Hall–Kier alpha value is -3.10. The van der Waals surface area contributed by atoms with E-state index in [4.69, 9.17) is 9.47 Å². The van der Waals surface area contributed by atoms with Crippen LogP contribution >= 0.6 is 0 Å². The Bertz CT molecular complexity index is 855. The molecule has 2 atom stereocenters. The van der Waals surface area contributed by atoms with Crippen molar-refractivity contribution in [3.05, 3.63) is 23.8 Å². The number of nitrogens with one attached hydrogen (secondary N) is 2. The van der Waals surface area contributed by atoms with Crippen LogP contribution in [0.3, 0.4) is 0 Å². The van der Waals surface area contributed by atoms with Crippen LogP contribution in [0.5, 0.6) is 5.75 Å². The molecule has 2 unspecified atom stereocenters. The van der Waals surface area contributed by atoms with Crippen LogP contribution in [0.4, 0.5) is 10.5 Å². The number of methoxy groups -OCH3 is 2. The van der Waals surface area contributed by atoms with E-state index in [1.54, 1.807) is 6.07 Å². The van der Waals surface area contributed by atoms with Gasteiger partial charge in [-0.2, -0.15) is 0 Å². The average Bonchev–Trinajstić information content (AvgIpc) is 2.94. The minimum Gasteiger partial charge on any atom is -0.497 e. The molecule has 3 rings (SSSR count). The van der Waals surface area contributed by atoms with E-state index in [9.17, 15) is 19.2 Å². The highest BCUT2D eigenvalue weighted by Crippen LogP contribution is 2.38. The molecule has 1 aliphatic carbocycles. The number of nitrogens with zero attached hydrogens (tertiary/aromatic N) is 1. The van der Waals surface area contributed by atoms with Crippen molar-refractivity contribution in [1.82, 2.24) is 10.2 Å².